The van der Waals surface area contributed by atoms with Crippen molar-refractivity contribution < 1.29 is 0 Å². The summed E-state index contributed by atoms with van der Waals surface area (Å²) in [7, 11) is 0. The Morgan fingerprint density at radius 1 is 0.870 bits per heavy atom. The van der Waals surface area contributed by atoms with Crippen molar-refractivity contribution >= 4 is 0 Å². The van der Waals surface area contributed by atoms with Crippen LogP contribution in [0.4, 0.5) is 0 Å². The molecule has 4 rings (SSSR count). The Labute approximate surface area is 138 Å². The fourth-order valence-electron chi connectivity index (χ4n) is 3.73. The second-order valence-corrected chi connectivity index (χ2v) is 6.79. The molecule has 3 aromatic rings. The topological polar surface area (TPSA) is 12.9 Å². The molecule has 1 aromatic heterocycles. The van der Waals surface area contributed by atoms with Gasteiger partial charge in [0.25, 0.3) is 0 Å². The molecule has 0 spiro atoms. The number of fused-ring (bicyclic) bond motifs is 3. The molecule has 1 unspecified atom stereocenters. The van der Waals surface area contributed by atoms with E-state index in [1.165, 1.54) is 34.2 Å². The van der Waals surface area contributed by atoms with E-state index in [4.69, 9.17) is 0 Å². The van der Waals surface area contributed by atoms with Crippen LogP contribution in [0, 0.1) is 5.92 Å². The molecule has 1 nitrogen and oxygen atoms in total. The van der Waals surface area contributed by atoms with Crippen molar-refractivity contribution in [2.45, 2.75) is 26.2 Å². The molecule has 1 heterocycles. The molecule has 0 radical (unpaired) electrons. The average molecular weight is 299 g/mol. The lowest BCUT2D eigenvalue weighted by Crippen LogP contribution is -2.01. The van der Waals surface area contributed by atoms with Crippen molar-refractivity contribution in [3.8, 4) is 22.4 Å². The molecule has 0 saturated heterocycles. The molecular weight excluding hydrogens is 278 g/mol. The molecule has 0 fully saturated rings. The van der Waals surface area contributed by atoms with Gasteiger partial charge in [-0.05, 0) is 52.8 Å². The Balaban J connectivity index is 1.86. The molecule has 114 valence electrons. The van der Waals surface area contributed by atoms with E-state index < -0.39 is 0 Å². The molecule has 2 aromatic carbocycles. The summed E-state index contributed by atoms with van der Waals surface area (Å²) < 4.78 is 0. The zero-order valence-electron chi connectivity index (χ0n) is 13.7. The molecule has 0 saturated carbocycles. The van der Waals surface area contributed by atoms with E-state index in [0.717, 1.165) is 5.69 Å². The lowest BCUT2D eigenvalue weighted by Gasteiger charge is -2.16. The molecule has 1 aliphatic carbocycles. The highest BCUT2D eigenvalue weighted by Crippen LogP contribution is 2.48. The summed E-state index contributed by atoms with van der Waals surface area (Å²) in [6.07, 6.45) is 3.06. The zero-order valence-corrected chi connectivity index (χ0v) is 13.7. The fourth-order valence-corrected chi connectivity index (χ4v) is 3.73. The van der Waals surface area contributed by atoms with Crippen LogP contribution in [-0.2, 0) is 0 Å². The van der Waals surface area contributed by atoms with Crippen molar-refractivity contribution in [3.63, 3.8) is 0 Å². The van der Waals surface area contributed by atoms with Crippen LogP contribution in [0.3, 0.4) is 0 Å². The first-order valence-electron chi connectivity index (χ1n) is 8.38. The zero-order chi connectivity index (χ0) is 15.8. The minimum absolute atomic E-state index is 0.527. The number of hydrogen-bond donors (Lipinski definition) is 0. The number of nitrogens with zero attached hydrogens (tertiary/aromatic N) is 1. The molecule has 0 bridgehead atoms. The molecule has 1 aliphatic rings. The normalized spacial score (nSPS) is 15.5. The Morgan fingerprint density at radius 3 is 2.43 bits per heavy atom. The molecular formula is C22H21N. The van der Waals surface area contributed by atoms with Gasteiger partial charge in [-0.15, -0.1) is 0 Å². The smallest absolute Gasteiger partial charge is 0.0702 e. The summed E-state index contributed by atoms with van der Waals surface area (Å²) in [5, 5.41) is 0. The second-order valence-electron chi connectivity index (χ2n) is 6.79. The van der Waals surface area contributed by atoms with Gasteiger partial charge in [-0.25, -0.2) is 0 Å². The third kappa shape index (κ3) is 2.46. The van der Waals surface area contributed by atoms with Crippen molar-refractivity contribution in [3.05, 3.63) is 78.0 Å². The monoisotopic (exact) mass is 299 g/mol. The van der Waals surface area contributed by atoms with Crippen LogP contribution in [0.15, 0.2) is 66.9 Å². The van der Waals surface area contributed by atoms with E-state index in [9.17, 15) is 0 Å². The summed E-state index contributed by atoms with van der Waals surface area (Å²) >= 11 is 0. The summed E-state index contributed by atoms with van der Waals surface area (Å²) in [4.78, 5) is 4.50. The number of hydrogen-bond acceptors (Lipinski definition) is 1. The number of pyridine rings is 1. The Morgan fingerprint density at radius 2 is 1.65 bits per heavy atom. The van der Waals surface area contributed by atoms with Crippen LogP contribution in [0.1, 0.15) is 37.3 Å². The van der Waals surface area contributed by atoms with Crippen LogP contribution < -0.4 is 0 Å². The van der Waals surface area contributed by atoms with E-state index >= 15 is 0 Å². The van der Waals surface area contributed by atoms with Crippen LogP contribution in [-0.4, -0.2) is 4.98 Å². The van der Waals surface area contributed by atoms with Gasteiger partial charge in [-0.2, -0.15) is 0 Å². The third-order valence-electron chi connectivity index (χ3n) is 4.72. The molecule has 23 heavy (non-hydrogen) atoms. The van der Waals surface area contributed by atoms with Gasteiger partial charge >= 0.3 is 0 Å². The summed E-state index contributed by atoms with van der Waals surface area (Å²) in [5.41, 5.74) is 7.97. The van der Waals surface area contributed by atoms with Crippen LogP contribution in [0.5, 0.6) is 0 Å². The van der Waals surface area contributed by atoms with Gasteiger partial charge in [0.05, 0.1) is 5.69 Å². The van der Waals surface area contributed by atoms with Gasteiger partial charge in [-0.1, -0.05) is 56.3 Å². The first-order valence-corrected chi connectivity index (χ1v) is 8.38. The number of rotatable bonds is 3. The van der Waals surface area contributed by atoms with Crippen molar-refractivity contribution in [1.82, 2.24) is 4.98 Å². The molecule has 0 amide bonds. The van der Waals surface area contributed by atoms with Crippen molar-refractivity contribution in [1.29, 1.82) is 0 Å². The SMILES string of the molecule is CC(C)CC1c2ccccc2-c2cc(-c3ccccn3)ccc21. The standard InChI is InChI=1S/C22H21N/c1-15(2)13-20-17-7-3-4-8-18(17)21-14-16(10-11-19(20)21)22-9-5-6-12-23-22/h3-12,14-15,20H,13H2,1-2H3. The summed E-state index contributed by atoms with van der Waals surface area (Å²) in [6.45, 7) is 4.62. The Kier molecular flexibility index (Phi) is 3.49. The van der Waals surface area contributed by atoms with Crippen molar-refractivity contribution in [2.24, 2.45) is 5.92 Å². The minimum Gasteiger partial charge on any atom is -0.256 e. The van der Waals surface area contributed by atoms with Crippen LogP contribution in [0.2, 0.25) is 0 Å². The largest absolute Gasteiger partial charge is 0.256 e. The number of benzene rings is 2. The van der Waals surface area contributed by atoms with Gasteiger partial charge in [0.2, 0.25) is 0 Å². The third-order valence-corrected chi connectivity index (χ3v) is 4.72. The predicted octanol–water partition coefficient (Wildman–Crippen LogP) is 5.91. The second kappa shape index (κ2) is 5.66. The van der Waals surface area contributed by atoms with Gasteiger partial charge in [0.15, 0.2) is 0 Å². The maximum atomic E-state index is 4.50. The lowest BCUT2D eigenvalue weighted by molar-refractivity contribution is 0.547. The first kappa shape index (κ1) is 14.2. The van der Waals surface area contributed by atoms with Crippen LogP contribution >= 0.6 is 0 Å². The van der Waals surface area contributed by atoms with Gasteiger partial charge in [-0.3, -0.25) is 4.98 Å². The summed E-state index contributed by atoms with van der Waals surface area (Å²) in [5.74, 6) is 1.22. The Bertz CT molecular complexity index is 834. The minimum atomic E-state index is 0.527. The van der Waals surface area contributed by atoms with Gasteiger partial charge in [0.1, 0.15) is 0 Å². The maximum absolute atomic E-state index is 4.50. The van der Waals surface area contributed by atoms with E-state index in [-0.39, 0.29) is 0 Å². The lowest BCUT2D eigenvalue weighted by atomic mass is 9.88. The maximum Gasteiger partial charge on any atom is 0.0702 e. The molecule has 0 N–H and O–H groups in total. The fraction of sp³-hybridized carbons (Fsp3) is 0.227. The first-order chi connectivity index (χ1) is 11.2. The van der Waals surface area contributed by atoms with Gasteiger partial charge in [0, 0.05) is 17.7 Å². The van der Waals surface area contributed by atoms with Gasteiger partial charge < -0.3 is 0 Å². The quantitative estimate of drug-likeness (QED) is 0.586. The Hall–Kier alpha value is -2.41. The predicted molar refractivity (Wildman–Crippen MR) is 96.4 cm³/mol. The summed E-state index contributed by atoms with van der Waals surface area (Å²) in [6, 6.07) is 21.8. The van der Waals surface area contributed by atoms with E-state index in [1.54, 1.807) is 0 Å². The van der Waals surface area contributed by atoms with E-state index in [1.807, 2.05) is 18.3 Å². The highest BCUT2D eigenvalue weighted by molar-refractivity contribution is 5.82. The van der Waals surface area contributed by atoms with Crippen LogP contribution in [0.25, 0.3) is 22.4 Å². The molecule has 1 atom stereocenters. The highest BCUT2D eigenvalue weighted by Gasteiger charge is 2.28. The molecule has 0 aliphatic heterocycles. The van der Waals surface area contributed by atoms with E-state index in [0.29, 0.717) is 11.8 Å². The average Bonchev–Trinajstić information content (AvgIpc) is 2.89. The molecule has 1 heteroatoms. The van der Waals surface area contributed by atoms with Crippen molar-refractivity contribution in [2.75, 3.05) is 0 Å². The number of aromatic nitrogens is 1. The van der Waals surface area contributed by atoms with E-state index in [2.05, 4.69) is 67.4 Å². The highest BCUT2D eigenvalue weighted by atomic mass is 14.7.